The Morgan fingerprint density at radius 1 is 1.29 bits per heavy atom. The summed E-state index contributed by atoms with van der Waals surface area (Å²) in [4.78, 5) is 2.68. The molecule has 0 amide bonds. The van der Waals surface area contributed by atoms with Gasteiger partial charge in [0, 0.05) is 24.2 Å². The van der Waals surface area contributed by atoms with Crippen molar-refractivity contribution in [1.82, 2.24) is 4.90 Å². The minimum Gasteiger partial charge on any atom is -0.496 e. The molecule has 3 rings (SSSR count). The van der Waals surface area contributed by atoms with Crippen LogP contribution in [0.2, 0.25) is 0 Å². The van der Waals surface area contributed by atoms with Crippen molar-refractivity contribution in [3.8, 4) is 5.75 Å². The first-order chi connectivity index (χ1) is 10.2. The number of piperidine rings is 1. The number of nitrogens with two attached hydrogens (primary N) is 1. The molecule has 1 saturated heterocycles. The van der Waals surface area contributed by atoms with E-state index in [-0.39, 0.29) is 6.04 Å². The molecule has 1 aliphatic carbocycles. The van der Waals surface area contributed by atoms with Crippen LogP contribution in [0.4, 0.5) is 0 Å². The normalized spacial score (nSPS) is 27.4. The van der Waals surface area contributed by atoms with Crippen LogP contribution in [0.25, 0.3) is 0 Å². The van der Waals surface area contributed by atoms with Gasteiger partial charge < -0.3 is 10.5 Å². The van der Waals surface area contributed by atoms with E-state index in [1.165, 1.54) is 49.8 Å². The molecule has 1 aliphatic heterocycles. The number of hydrogen-bond donors (Lipinski definition) is 1. The standard InChI is InChI=1S/C18H28N2O/c1-13(19)15-8-9-18(21-2)16(11-15)12-20-10-4-6-14-5-3-7-17(14)20/h8-9,11,13-14,17H,3-7,10,12,19H2,1-2H3. The summed E-state index contributed by atoms with van der Waals surface area (Å²) in [5, 5.41) is 0. The first-order valence-corrected chi connectivity index (χ1v) is 8.35. The van der Waals surface area contributed by atoms with Crippen LogP contribution >= 0.6 is 0 Å². The van der Waals surface area contributed by atoms with Gasteiger partial charge in [-0.25, -0.2) is 0 Å². The van der Waals surface area contributed by atoms with Crippen LogP contribution in [-0.2, 0) is 6.54 Å². The third-order valence-corrected chi connectivity index (χ3v) is 5.31. The quantitative estimate of drug-likeness (QED) is 0.922. The number of fused-ring (bicyclic) bond motifs is 1. The van der Waals surface area contributed by atoms with Gasteiger partial charge in [0.15, 0.2) is 0 Å². The van der Waals surface area contributed by atoms with Gasteiger partial charge in [0.1, 0.15) is 5.75 Å². The summed E-state index contributed by atoms with van der Waals surface area (Å²) in [5.74, 6) is 1.93. The Kier molecular flexibility index (Phi) is 4.51. The number of methoxy groups -OCH3 is 1. The number of hydrogen-bond acceptors (Lipinski definition) is 3. The molecule has 0 bridgehead atoms. The molecule has 3 heteroatoms. The molecule has 0 radical (unpaired) electrons. The maximum absolute atomic E-state index is 6.04. The fourth-order valence-electron chi connectivity index (χ4n) is 4.18. The zero-order chi connectivity index (χ0) is 14.8. The number of benzene rings is 1. The van der Waals surface area contributed by atoms with Crippen molar-refractivity contribution in [1.29, 1.82) is 0 Å². The van der Waals surface area contributed by atoms with Crippen molar-refractivity contribution in [2.24, 2.45) is 11.7 Å². The Bertz CT molecular complexity index is 486. The largest absolute Gasteiger partial charge is 0.496 e. The van der Waals surface area contributed by atoms with Crippen LogP contribution in [0.3, 0.4) is 0 Å². The van der Waals surface area contributed by atoms with E-state index in [9.17, 15) is 0 Å². The molecule has 116 valence electrons. The Morgan fingerprint density at radius 3 is 2.86 bits per heavy atom. The average Bonchev–Trinajstić information content (AvgIpc) is 2.96. The van der Waals surface area contributed by atoms with Crippen molar-refractivity contribution >= 4 is 0 Å². The van der Waals surface area contributed by atoms with Gasteiger partial charge in [-0.3, -0.25) is 4.90 Å². The van der Waals surface area contributed by atoms with Crippen molar-refractivity contribution in [2.45, 2.75) is 57.7 Å². The lowest BCUT2D eigenvalue weighted by Crippen LogP contribution is -2.41. The Hall–Kier alpha value is -1.06. The van der Waals surface area contributed by atoms with Crippen LogP contribution in [0, 0.1) is 5.92 Å². The Morgan fingerprint density at radius 2 is 2.10 bits per heavy atom. The molecule has 1 aromatic rings. The van der Waals surface area contributed by atoms with Gasteiger partial charge >= 0.3 is 0 Å². The molecule has 3 atom stereocenters. The maximum Gasteiger partial charge on any atom is 0.123 e. The molecule has 1 aromatic carbocycles. The van der Waals surface area contributed by atoms with Gasteiger partial charge in [0.2, 0.25) is 0 Å². The lowest BCUT2D eigenvalue weighted by atomic mass is 9.91. The second-order valence-electron chi connectivity index (χ2n) is 6.73. The van der Waals surface area contributed by atoms with E-state index >= 15 is 0 Å². The maximum atomic E-state index is 6.04. The van der Waals surface area contributed by atoms with Crippen LogP contribution in [-0.4, -0.2) is 24.6 Å². The molecular formula is C18H28N2O. The predicted octanol–water partition coefficient (Wildman–Crippen LogP) is 3.48. The average molecular weight is 288 g/mol. The van der Waals surface area contributed by atoms with E-state index in [1.807, 2.05) is 6.92 Å². The highest BCUT2D eigenvalue weighted by Gasteiger charge is 2.35. The van der Waals surface area contributed by atoms with Crippen LogP contribution in [0.15, 0.2) is 18.2 Å². The first-order valence-electron chi connectivity index (χ1n) is 8.35. The van der Waals surface area contributed by atoms with E-state index in [0.29, 0.717) is 0 Å². The van der Waals surface area contributed by atoms with Gasteiger partial charge in [-0.2, -0.15) is 0 Å². The highest BCUT2D eigenvalue weighted by atomic mass is 16.5. The minimum absolute atomic E-state index is 0.0789. The number of nitrogens with zero attached hydrogens (tertiary/aromatic N) is 1. The van der Waals surface area contributed by atoms with E-state index in [2.05, 4.69) is 23.1 Å². The van der Waals surface area contributed by atoms with Crippen LogP contribution in [0.1, 0.15) is 56.2 Å². The monoisotopic (exact) mass is 288 g/mol. The summed E-state index contributed by atoms with van der Waals surface area (Å²) in [6.07, 6.45) is 6.98. The molecule has 2 aliphatic rings. The predicted molar refractivity (Wildman–Crippen MR) is 86.4 cm³/mol. The third kappa shape index (κ3) is 3.09. The summed E-state index contributed by atoms with van der Waals surface area (Å²) in [6.45, 7) is 4.27. The fraction of sp³-hybridized carbons (Fsp3) is 0.667. The molecule has 21 heavy (non-hydrogen) atoms. The van der Waals surface area contributed by atoms with Gasteiger partial charge in [0.25, 0.3) is 0 Å². The van der Waals surface area contributed by atoms with Gasteiger partial charge in [-0.1, -0.05) is 12.5 Å². The molecule has 2 fully saturated rings. The van der Waals surface area contributed by atoms with E-state index in [4.69, 9.17) is 10.5 Å². The van der Waals surface area contributed by atoms with Crippen molar-refractivity contribution in [3.05, 3.63) is 29.3 Å². The van der Waals surface area contributed by atoms with E-state index < -0.39 is 0 Å². The van der Waals surface area contributed by atoms with Crippen LogP contribution in [0.5, 0.6) is 5.75 Å². The summed E-state index contributed by atoms with van der Waals surface area (Å²) in [7, 11) is 1.76. The molecule has 2 N–H and O–H groups in total. The van der Waals surface area contributed by atoms with Crippen LogP contribution < -0.4 is 10.5 Å². The summed E-state index contributed by atoms with van der Waals surface area (Å²) in [6, 6.07) is 7.27. The Balaban J connectivity index is 1.81. The zero-order valence-corrected chi connectivity index (χ0v) is 13.3. The van der Waals surface area contributed by atoms with Crippen molar-refractivity contribution < 1.29 is 4.74 Å². The minimum atomic E-state index is 0.0789. The lowest BCUT2D eigenvalue weighted by molar-refractivity contribution is 0.105. The number of ether oxygens (including phenoxy) is 1. The van der Waals surface area contributed by atoms with E-state index in [0.717, 1.165) is 24.3 Å². The summed E-state index contributed by atoms with van der Waals surface area (Å²) >= 11 is 0. The first kappa shape index (κ1) is 14.9. The molecular weight excluding hydrogens is 260 g/mol. The third-order valence-electron chi connectivity index (χ3n) is 5.31. The zero-order valence-electron chi connectivity index (χ0n) is 13.3. The fourth-order valence-corrected chi connectivity index (χ4v) is 4.18. The lowest BCUT2D eigenvalue weighted by Gasteiger charge is -2.38. The van der Waals surface area contributed by atoms with Crippen molar-refractivity contribution in [3.63, 3.8) is 0 Å². The topological polar surface area (TPSA) is 38.5 Å². The highest BCUT2D eigenvalue weighted by molar-refractivity contribution is 5.38. The van der Waals surface area contributed by atoms with E-state index in [1.54, 1.807) is 7.11 Å². The number of likely N-dealkylation sites (tertiary alicyclic amines) is 1. The molecule has 1 saturated carbocycles. The molecule has 3 nitrogen and oxygen atoms in total. The Labute approximate surface area is 128 Å². The molecule has 0 spiro atoms. The van der Waals surface area contributed by atoms with Gasteiger partial charge in [-0.05, 0) is 62.8 Å². The highest BCUT2D eigenvalue weighted by Crippen LogP contribution is 2.38. The second-order valence-corrected chi connectivity index (χ2v) is 6.73. The van der Waals surface area contributed by atoms with Gasteiger partial charge in [-0.15, -0.1) is 0 Å². The molecule has 3 unspecified atom stereocenters. The van der Waals surface area contributed by atoms with Gasteiger partial charge in [0.05, 0.1) is 7.11 Å². The number of rotatable bonds is 4. The second kappa shape index (κ2) is 6.37. The SMILES string of the molecule is COc1ccc(C(C)N)cc1CN1CCCC2CCCC21. The molecule has 0 aromatic heterocycles. The summed E-state index contributed by atoms with van der Waals surface area (Å²) in [5.41, 5.74) is 8.53. The molecule has 1 heterocycles. The smallest absolute Gasteiger partial charge is 0.123 e. The van der Waals surface area contributed by atoms with Crippen molar-refractivity contribution in [2.75, 3.05) is 13.7 Å². The summed E-state index contributed by atoms with van der Waals surface area (Å²) < 4.78 is 5.57.